The zero-order chi connectivity index (χ0) is 14.8. The van der Waals surface area contributed by atoms with Gasteiger partial charge in [-0.15, -0.1) is 0 Å². The van der Waals surface area contributed by atoms with Crippen LogP contribution in [-0.2, 0) is 13.0 Å². The van der Waals surface area contributed by atoms with Crippen LogP contribution in [-0.4, -0.2) is 5.78 Å². The number of fused-ring (bicyclic) bond motifs is 1. The van der Waals surface area contributed by atoms with Crippen molar-refractivity contribution in [3.05, 3.63) is 64.5 Å². The number of nitriles is 1. The Bertz CT molecular complexity index is 762. The van der Waals surface area contributed by atoms with Crippen molar-refractivity contribution in [2.24, 2.45) is 0 Å². The van der Waals surface area contributed by atoms with Crippen LogP contribution >= 0.6 is 0 Å². The summed E-state index contributed by atoms with van der Waals surface area (Å²) in [4.78, 5) is 11.6. The summed E-state index contributed by atoms with van der Waals surface area (Å²) >= 11 is 0. The number of carbonyl (C=O) groups excluding carboxylic acids is 1. The number of benzene rings is 2. The van der Waals surface area contributed by atoms with E-state index >= 15 is 0 Å². The van der Waals surface area contributed by atoms with Gasteiger partial charge in [0.15, 0.2) is 5.78 Å². The zero-order valence-electron chi connectivity index (χ0n) is 11.2. The molecule has 0 aromatic heterocycles. The molecule has 0 aliphatic heterocycles. The average Bonchev–Trinajstić information content (AvgIpc) is 2.85. The van der Waals surface area contributed by atoms with E-state index in [1.54, 1.807) is 18.2 Å². The predicted molar refractivity (Wildman–Crippen MR) is 74.5 cm³/mol. The zero-order valence-corrected chi connectivity index (χ0v) is 11.2. The third-order valence-corrected chi connectivity index (χ3v) is 3.49. The molecule has 3 rings (SSSR count). The number of Topliss-reactive ketones (excluding diaryl/α,β-unsaturated/α-hetero) is 1. The first-order chi connectivity index (χ1) is 10.2. The lowest BCUT2D eigenvalue weighted by molar-refractivity contribution is 0.0994. The van der Waals surface area contributed by atoms with Crippen LogP contribution in [0.15, 0.2) is 36.4 Å². The minimum atomic E-state index is -0.452. The molecule has 0 atom stereocenters. The first-order valence-corrected chi connectivity index (χ1v) is 6.64. The van der Waals surface area contributed by atoms with Crippen LogP contribution in [0.25, 0.3) is 0 Å². The number of nitrogens with zero attached hydrogens (tertiary/aromatic N) is 1. The lowest BCUT2D eigenvalue weighted by atomic mass is 10.1. The maximum atomic E-state index is 13.3. The first-order valence-electron chi connectivity index (χ1n) is 6.64. The molecule has 0 spiro atoms. The first kappa shape index (κ1) is 13.3. The summed E-state index contributed by atoms with van der Waals surface area (Å²) in [6, 6.07) is 11.4. The Morgan fingerprint density at radius 1 is 1.19 bits per heavy atom. The van der Waals surface area contributed by atoms with Gasteiger partial charge in [-0.05, 0) is 53.9 Å². The largest absolute Gasteiger partial charge is 0.489 e. The third-order valence-electron chi connectivity index (χ3n) is 3.49. The fourth-order valence-electron chi connectivity index (χ4n) is 2.49. The van der Waals surface area contributed by atoms with E-state index in [4.69, 9.17) is 10.00 Å². The van der Waals surface area contributed by atoms with Crippen LogP contribution in [0, 0.1) is 17.1 Å². The van der Waals surface area contributed by atoms with Crippen molar-refractivity contribution in [2.45, 2.75) is 19.4 Å². The molecule has 0 saturated heterocycles. The Hall–Kier alpha value is -2.67. The molecule has 2 aromatic carbocycles. The molecule has 0 radical (unpaired) electrons. The summed E-state index contributed by atoms with van der Waals surface area (Å²) in [6.07, 6.45) is 1.29. The molecule has 0 heterocycles. The van der Waals surface area contributed by atoms with E-state index in [9.17, 15) is 9.18 Å². The van der Waals surface area contributed by atoms with E-state index in [-0.39, 0.29) is 18.0 Å². The highest BCUT2D eigenvalue weighted by Gasteiger charge is 2.19. The lowest BCUT2D eigenvalue weighted by Gasteiger charge is -2.08. The van der Waals surface area contributed by atoms with Crippen molar-refractivity contribution >= 4 is 5.78 Å². The number of rotatable bonds is 3. The van der Waals surface area contributed by atoms with Crippen LogP contribution in [0.2, 0.25) is 0 Å². The van der Waals surface area contributed by atoms with Gasteiger partial charge in [0.05, 0.1) is 11.6 Å². The Labute approximate surface area is 121 Å². The Kier molecular flexibility index (Phi) is 3.41. The van der Waals surface area contributed by atoms with Gasteiger partial charge in [-0.1, -0.05) is 0 Å². The van der Waals surface area contributed by atoms with Gasteiger partial charge >= 0.3 is 0 Å². The molecule has 1 aliphatic rings. The topological polar surface area (TPSA) is 50.1 Å². The highest BCUT2D eigenvalue weighted by molar-refractivity contribution is 6.00. The summed E-state index contributed by atoms with van der Waals surface area (Å²) in [5.74, 6) is 0.360. The molecule has 0 unspecified atom stereocenters. The van der Waals surface area contributed by atoms with E-state index in [2.05, 4.69) is 0 Å². The molecule has 104 valence electrons. The van der Waals surface area contributed by atoms with Crippen LogP contribution in [0.4, 0.5) is 4.39 Å². The molecule has 1 aliphatic carbocycles. The van der Waals surface area contributed by atoms with Gasteiger partial charge in [-0.3, -0.25) is 4.79 Å². The second-order valence-electron chi connectivity index (χ2n) is 4.99. The second kappa shape index (κ2) is 5.37. The third kappa shape index (κ3) is 2.77. The SMILES string of the molecule is N#Cc1cc(F)cc(COc2ccc3c(c2)CCC3=O)c1. The molecule has 2 aromatic rings. The van der Waals surface area contributed by atoms with E-state index in [0.29, 0.717) is 17.7 Å². The number of halogens is 1. The van der Waals surface area contributed by atoms with Crippen molar-refractivity contribution in [2.75, 3.05) is 0 Å². The molecular weight excluding hydrogens is 269 g/mol. The number of hydrogen-bond acceptors (Lipinski definition) is 3. The summed E-state index contributed by atoms with van der Waals surface area (Å²) in [5.41, 5.74) is 2.63. The molecule has 0 saturated carbocycles. The summed E-state index contributed by atoms with van der Waals surface area (Å²) in [5, 5.41) is 8.81. The van der Waals surface area contributed by atoms with Gasteiger partial charge in [0, 0.05) is 12.0 Å². The highest BCUT2D eigenvalue weighted by Crippen LogP contribution is 2.26. The Morgan fingerprint density at radius 3 is 2.86 bits per heavy atom. The summed E-state index contributed by atoms with van der Waals surface area (Å²) in [6.45, 7) is 0.180. The number of carbonyl (C=O) groups is 1. The van der Waals surface area contributed by atoms with Gasteiger partial charge in [-0.2, -0.15) is 5.26 Å². The van der Waals surface area contributed by atoms with Gasteiger partial charge < -0.3 is 4.74 Å². The number of ether oxygens (including phenoxy) is 1. The number of aryl methyl sites for hydroxylation is 1. The highest BCUT2D eigenvalue weighted by atomic mass is 19.1. The molecular formula is C17H12FNO2. The molecule has 4 heteroatoms. The quantitative estimate of drug-likeness (QED) is 0.866. The van der Waals surface area contributed by atoms with Crippen molar-refractivity contribution in [1.82, 2.24) is 0 Å². The van der Waals surface area contributed by atoms with E-state index in [1.165, 1.54) is 12.1 Å². The van der Waals surface area contributed by atoms with Gasteiger partial charge in [0.2, 0.25) is 0 Å². The van der Waals surface area contributed by atoms with Gasteiger partial charge in [-0.25, -0.2) is 4.39 Å². The molecule has 21 heavy (non-hydrogen) atoms. The minimum Gasteiger partial charge on any atom is -0.489 e. The molecule has 0 amide bonds. The maximum absolute atomic E-state index is 13.3. The lowest BCUT2D eigenvalue weighted by Crippen LogP contribution is -1.98. The van der Waals surface area contributed by atoms with Crippen molar-refractivity contribution in [1.29, 1.82) is 5.26 Å². The molecule has 0 N–H and O–H groups in total. The van der Waals surface area contributed by atoms with Crippen LogP contribution in [0.1, 0.15) is 33.5 Å². The second-order valence-corrected chi connectivity index (χ2v) is 4.99. The minimum absolute atomic E-state index is 0.167. The molecule has 0 bridgehead atoms. The van der Waals surface area contributed by atoms with E-state index in [0.717, 1.165) is 17.5 Å². The van der Waals surface area contributed by atoms with Crippen LogP contribution in [0.5, 0.6) is 5.75 Å². The summed E-state index contributed by atoms with van der Waals surface area (Å²) in [7, 11) is 0. The van der Waals surface area contributed by atoms with Crippen LogP contribution in [0.3, 0.4) is 0 Å². The molecule has 3 nitrogen and oxygen atoms in total. The number of hydrogen-bond donors (Lipinski definition) is 0. The predicted octanol–water partition coefficient (Wildman–Crippen LogP) is 3.41. The average molecular weight is 281 g/mol. The van der Waals surface area contributed by atoms with Gasteiger partial charge in [0.1, 0.15) is 18.2 Å². The maximum Gasteiger partial charge on any atom is 0.163 e. The van der Waals surface area contributed by atoms with E-state index < -0.39 is 5.82 Å². The number of ketones is 1. The fourth-order valence-corrected chi connectivity index (χ4v) is 2.49. The smallest absolute Gasteiger partial charge is 0.163 e. The van der Waals surface area contributed by atoms with Gasteiger partial charge in [0.25, 0.3) is 0 Å². The normalized spacial score (nSPS) is 12.9. The Morgan fingerprint density at radius 2 is 2.05 bits per heavy atom. The van der Waals surface area contributed by atoms with Crippen molar-refractivity contribution < 1.29 is 13.9 Å². The van der Waals surface area contributed by atoms with E-state index in [1.807, 2.05) is 12.1 Å². The fraction of sp³-hybridized carbons (Fsp3) is 0.176. The summed E-state index contributed by atoms with van der Waals surface area (Å²) < 4.78 is 18.9. The monoisotopic (exact) mass is 281 g/mol. The van der Waals surface area contributed by atoms with Crippen molar-refractivity contribution in [3.63, 3.8) is 0 Å². The standard InChI is InChI=1S/C17H12FNO2/c18-14-6-11(9-19)5-12(7-14)10-21-15-2-3-16-13(8-15)1-4-17(16)20/h2-3,5-8H,1,4,10H2. The Balaban J connectivity index is 1.75. The van der Waals surface area contributed by atoms with Crippen molar-refractivity contribution in [3.8, 4) is 11.8 Å². The van der Waals surface area contributed by atoms with Crippen LogP contribution < -0.4 is 4.74 Å². The molecule has 0 fully saturated rings.